The van der Waals surface area contributed by atoms with E-state index in [1.54, 1.807) is 31.2 Å². The van der Waals surface area contributed by atoms with E-state index >= 15 is 0 Å². The Morgan fingerprint density at radius 1 is 1.06 bits per heavy atom. The van der Waals surface area contributed by atoms with Crippen LogP contribution in [-0.2, 0) is 32.7 Å². The summed E-state index contributed by atoms with van der Waals surface area (Å²) in [6.45, 7) is 1.39. The van der Waals surface area contributed by atoms with Crippen molar-refractivity contribution in [2.75, 3.05) is 19.8 Å². The molecule has 0 saturated carbocycles. The number of carbonyl (C=O) groups excluding carboxylic acids is 2. The molecular formula is C21H25ClFN3O4S. The number of hydrogen-bond acceptors (Lipinski definition) is 4. The van der Waals surface area contributed by atoms with Crippen molar-refractivity contribution in [3.8, 4) is 0 Å². The van der Waals surface area contributed by atoms with Crippen LogP contribution in [0.25, 0.3) is 0 Å². The minimum Gasteiger partial charge on any atom is -0.350 e. The lowest BCUT2D eigenvalue weighted by molar-refractivity contribution is -0.140. The van der Waals surface area contributed by atoms with Gasteiger partial charge in [-0.1, -0.05) is 35.9 Å². The first-order valence-electron chi connectivity index (χ1n) is 9.44. The summed E-state index contributed by atoms with van der Waals surface area (Å²) in [6.07, 6.45) is 0.993. The third-order valence-corrected chi connectivity index (χ3v) is 6.25. The monoisotopic (exact) mass is 469 g/mol. The van der Waals surface area contributed by atoms with Crippen LogP contribution in [0, 0.1) is 5.82 Å². The summed E-state index contributed by atoms with van der Waals surface area (Å²) in [5, 5.41) is 3.34. The maximum absolute atomic E-state index is 13.2. The Kier molecular flexibility index (Phi) is 8.55. The van der Waals surface area contributed by atoms with Gasteiger partial charge in [0, 0.05) is 25.2 Å². The lowest BCUT2D eigenvalue weighted by Gasteiger charge is -2.30. The standard InChI is InChI=1S/C21H25ClFN3O4S/c1-15(21(28)24-12-16-4-8-18(22)9-5-16)26(13-17-6-10-19(23)11-7-17)20(27)14-25(2)31(3,29)30/h4-11,15H,12-14H2,1-3H3,(H,24,28)/t15-/m0/s1. The van der Waals surface area contributed by atoms with Crippen LogP contribution in [0.4, 0.5) is 4.39 Å². The van der Waals surface area contributed by atoms with Crippen LogP contribution in [0.3, 0.4) is 0 Å². The average Bonchev–Trinajstić information content (AvgIpc) is 2.71. The number of hydrogen-bond donors (Lipinski definition) is 1. The van der Waals surface area contributed by atoms with Crippen molar-refractivity contribution < 1.29 is 22.4 Å². The Balaban J connectivity index is 2.16. The first-order chi connectivity index (χ1) is 14.5. The quantitative estimate of drug-likeness (QED) is 0.611. The molecule has 7 nitrogen and oxygen atoms in total. The fraction of sp³-hybridized carbons (Fsp3) is 0.333. The van der Waals surface area contributed by atoms with E-state index in [4.69, 9.17) is 11.6 Å². The van der Waals surface area contributed by atoms with E-state index in [9.17, 15) is 22.4 Å². The molecule has 1 N–H and O–H groups in total. The van der Waals surface area contributed by atoms with Crippen molar-refractivity contribution in [3.63, 3.8) is 0 Å². The first-order valence-corrected chi connectivity index (χ1v) is 11.7. The molecule has 0 heterocycles. The lowest BCUT2D eigenvalue weighted by Crippen LogP contribution is -2.50. The van der Waals surface area contributed by atoms with E-state index in [2.05, 4.69) is 5.32 Å². The zero-order valence-electron chi connectivity index (χ0n) is 17.5. The van der Waals surface area contributed by atoms with Crippen molar-refractivity contribution in [1.82, 2.24) is 14.5 Å². The Labute approximate surface area is 186 Å². The molecule has 2 amide bonds. The molecule has 0 radical (unpaired) electrons. The topological polar surface area (TPSA) is 86.8 Å². The van der Waals surface area contributed by atoms with E-state index in [1.165, 1.54) is 36.2 Å². The molecule has 1 atom stereocenters. The van der Waals surface area contributed by atoms with E-state index in [-0.39, 0.29) is 13.1 Å². The number of nitrogens with one attached hydrogen (secondary N) is 1. The zero-order chi connectivity index (χ0) is 23.2. The van der Waals surface area contributed by atoms with Gasteiger partial charge >= 0.3 is 0 Å². The van der Waals surface area contributed by atoms with Gasteiger partial charge in [-0.15, -0.1) is 0 Å². The van der Waals surface area contributed by atoms with Gasteiger partial charge in [0.2, 0.25) is 21.8 Å². The van der Waals surface area contributed by atoms with Crippen LogP contribution < -0.4 is 5.32 Å². The molecule has 2 rings (SSSR count). The second-order valence-electron chi connectivity index (χ2n) is 7.19. The fourth-order valence-electron chi connectivity index (χ4n) is 2.71. The number of amides is 2. The van der Waals surface area contributed by atoms with E-state index in [0.29, 0.717) is 10.6 Å². The van der Waals surface area contributed by atoms with Crippen molar-refractivity contribution in [1.29, 1.82) is 0 Å². The van der Waals surface area contributed by atoms with Gasteiger partial charge in [-0.2, -0.15) is 4.31 Å². The second kappa shape index (κ2) is 10.7. The number of nitrogens with zero attached hydrogens (tertiary/aromatic N) is 2. The number of sulfonamides is 1. The number of benzene rings is 2. The van der Waals surface area contributed by atoms with Gasteiger partial charge in [0.1, 0.15) is 11.9 Å². The maximum Gasteiger partial charge on any atom is 0.242 e. The molecular weight excluding hydrogens is 445 g/mol. The van der Waals surface area contributed by atoms with Crippen LogP contribution in [-0.4, -0.2) is 55.3 Å². The van der Waals surface area contributed by atoms with Crippen molar-refractivity contribution in [2.45, 2.75) is 26.1 Å². The van der Waals surface area contributed by atoms with Gasteiger partial charge in [-0.25, -0.2) is 12.8 Å². The molecule has 0 saturated heterocycles. The van der Waals surface area contributed by atoms with Crippen LogP contribution in [0.2, 0.25) is 5.02 Å². The van der Waals surface area contributed by atoms with Crippen molar-refractivity contribution in [3.05, 3.63) is 70.5 Å². The van der Waals surface area contributed by atoms with Gasteiger partial charge in [0.05, 0.1) is 12.8 Å². The Morgan fingerprint density at radius 3 is 2.16 bits per heavy atom. The highest BCUT2D eigenvalue weighted by Crippen LogP contribution is 2.13. The summed E-state index contributed by atoms with van der Waals surface area (Å²) in [4.78, 5) is 26.9. The number of likely N-dealkylation sites (N-methyl/N-ethyl adjacent to an activating group) is 1. The van der Waals surface area contributed by atoms with Gasteiger partial charge in [-0.05, 0) is 42.3 Å². The van der Waals surface area contributed by atoms with Crippen LogP contribution in [0.1, 0.15) is 18.1 Å². The van der Waals surface area contributed by atoms with Crippen molar-refractivity contribution >= 4 is 33.4 Å². The molecule has 0 fully saturated rings. The number of rotatable bonds is 9. The van der Waals surface area contributed by atoms with Crippen LogP contribution in [0.15, 0.2) is 48.5 Å². The predicted molar refractivity (Wildman–Crippen MR) is 117 cm³/mol. The van der Waals surface area contributed by atoms with Crippen LogP contribution in [0.5, 0.6) is 0 Å². The summed E-state index contributed by atoms with van der Waals surface area (Å²) in [6, 6.07) is 11.6. The van der Waals surface area contributed by atoms with Gasteiger partial charge in [0.25, 0.3) is 0 Å². The lowest BCUT2D eigenvalue weighted by atomic mass is 10.1. The smallest absolute Gasteiger partial charge is 0.242 e. The molecule has 10 heteroatoms. The number of carbonyl (C=O) groups is 2. The fourth-order valence-corrected chi connectivity index (χ4v) is 3.18. The molecule has 0 spiro atoms. The molecule has 2 aromatic carbocycles. The molecule has 0 aliphatic carbocycles. The minimum atomic E-state index is -3.58. The third-order valence-electron chi connectivity index (χ3n) is 4.74. The Bertz CT molecular complexity index is 1010. The predicted octanol–water partition coefficient (Wildman–Crippen LogP) is 2.40. The summed E-state index contributed by atoms with van der Waals surface area (Å²) < 4.78 is 37.5. The van der Waals surface area contributed by atoms with E-state index < -0.39 is 40.2 Å². The highest BCUT2D eigenvalue weighted by atomic mass is 35.5. The van der Waals surface area contributed by atoms with Crippen molar-refractivity contribution in [2.24, 2.45) is 0 Å². The molecule has 31 heavy (non-hydrogen) atoms. The molecule has 0 aromatic heterocycles. The maximum atomic E-state index is 13.2. The Hall–Kier alpha value is -2.49. The van der Waals surface area contributed by atoms with Gasteiger partial charge in [0.15, 0.2) is 0 Å². The van der Waals surface area contributed by atoms with E-state index in [1.807, 2.05) is 0 Å². The molecule has 2 aromatic rings. The zero-order valence-corrected chi connectivity index (χ0v) is 19.1. The third kappa shape index (κ3) is 7.61. The summed E-state index contributed by atoms with van der Waals surface area (Å²) in [7, 11) is -2.29. The second-order valence-corrected chi connectivity index (χ2v) is 9.71. The Morgan fingerprint density at radius 2 is 1.61 bits per heavy atom. The first kappa shape index (κ1) is 24.8. The normalized spacial score (nSPS) is 12.5. The van der Waals surface area contributed by atoms with E-state index in [0.717, 1.165) is 16.1 Å². The summed E-state index contributed by atoms with van der Waals surface area (Å²) in [5.41, 5.74) is 1.44. The van der Waals surface area contributed by atoms with Gasteiger partial charge < -0.3 is 10.2 Å². The summed E-state index contributed by atoms with van der Waals surface area (Å²) >= 11 is 5.86. The van der Waals surface area contributed by atoms with Gasteiger partial charge in [-0.3, -0.25) is 9.59 Å². The molecule has 0 aliphatic rings. The molecule has 0 aliphatic heterocycles. The highest BCUT2D eigenvalue weighted by Gasteiger charge is 2.28. The molecule has 168 valence electrons. The SMILES string of the molecule is C[C@@H](C(=O)NCc1ccc(Cl)cc1)N(Cc1ccc(F)cc1)C(=O)CN(C)S(C)(=O)=O. The highest BCUT2D eigenvalue weighted by molar-refractivity contribution is 7.88. The minimum absolute atomic E-state index is 0.0201. The summed E-state index contributed by atoms with van der Waals surface area (Å²) in [5.74, 6) is -1.38. The average molecular weight is 470 g/mol. The largest absolute Gasteiger partial charge is 0.350 e. The number of halogens is 2. The molecule has 0 bridgehead atoms. The van der Waals surface area contributed by atoms with Crippen LogP contribution >= 0.6 is 11.6 Å². The molecule has 0 unspecified atom stereocenters.